The third-order valence-electron chi connectivity index (χ3n) is 2.17. The molecule has 0 aliphatic heterocycles. The average Bonchev–Trinajstić information content (AvgIpc) is 2.82. The van der Waals surface area contributed by atoms with Gasteiger partial charge in [-0.25, -0.2) is 0 Å². The van der Waals surface area contributed by atoms with Gasteiger partial charge in [0.25, 0.3) is 0 Å². The molecule has 1 heterocycles. The van der Waals surface area contributed by atoms with E-state index in [1.54, 1.807) is 0 Å². The molecule has 0 aliphatic rings. The molecule has 1 heteroatoms. The van der Waals surface area contributed by atoms with Gasteiger partial charge in [0.2, 0.25) is 0 Å². The molecule has 0 amide bonds. The Balaban J connectivity index is 0.000000330. The van der Waals surface area contributed by atoms with Crippen molar-refractivity contribution in [2.75, 3.05) is 0 Å². The molecule has 17 heavy (non-hydrogen) atoms. The highest BCUT2D eigenvalue weighted by Crippen LogP contribution is 2.32. The normalized spacial score (nSPS) is 8.71. The first-order valence-electron chi connectivity index (χ1n) is 6.14. The second-order valence-electron chi connectivity index (χ2n) is 2.95. The molecule has 0 spiro atoms. The molecule has 0 atom stereocenters. The van der Waals surface area contributed by atoms with Gasteiger partial charge in [-0.1, -0.05) is 58.0 Å². The Labute approximate surface area is 108 Å². The average molecular weight is 242 g/mol. The lowest BCUT2D eigenvalue weighted by molar-refractivity contribution is 1.50. The molecule has 3 aromatic rings. The number of fused-ring (bicyclic) bond motifs is 3. The summed E-state index contributed by atoms with van der Waals surface area (Å²) in [6.07, 6.45) is 0. The maximum Gasteiger partial charge on any atom is 0.0445 e. The molecule has 0 saturated heterocycles. The molecule has 0 unspecified atom stereocenters. The van der Waals surface area contributed by atoms with Crippen LogP contribution >= 0.6 is 11.3 Å². The highest BCUT2D eigenvalue weighted by molar-refractivity contribution is 7.25. The van der Waals surface area contributed by atoms with Gasteiger partial charge >= 0.3 is 0 Å². The Bertz CT molecular complexity index is 513. The first-order chi connectivity index (χ1) is 8.45. The summed E-state index contributed by atoms with van der Waals surface area (Å²) < 4.78 is 2.63. The van der Waals surface area contributed by atoms with Crippen molar-refractivity contribution in [2.24, 2.45) is 0 Å². The molecule has 0 saturated carbocycles. The fourth-order valence-corrected chi connectivity index (χ4v) is 2.63. The van der Waals surface area contributed by atoms with Crippen LogP contribution in [0, 0.1) is 12.1 Å². The van der Waals surface area contributed by atoms with Crippen molar-refractivity contribution in [3.8, 4) is 0 Å². The summed E-state index contributed by atoms with van der Waals surface area (Å²) in [5.41, 5.74) is 0. The van der Waals surface area contributed by atoms with E-state index in [1.807, 2.05) is 51.2 Å². The van der Waals surface area contributed by atoms with Gasteiger partial charge in [0.15, 0.2) is 0 Å². The van der Waals surface area contributed by atoms with Gasteiger partial charge in [0, 0.05) is 26.2 Å². The van der Waals surface area contributed by atoms with E-state index in [2.05, 4.69) is 36.4 Å². The molecule has 0 radical (unpaired) electrons. The lowest BCUT2D eigenvalue weighted by atomic mass is 10.2. The molecule has 0 aliphatic carbocycles. The number of rotatable bonds is 0. The van der Waals surface area contributed by atoms with Crippen LogP contribution < -0.4 is 0 Å². The first kappa shape index (κ1) is 13.5. The SMILES string of the molecule is CC.CC.c1cc2sc3ccccc3c2cc#1. The highest BCUT2D eigenvalue weighted by Gasteiger charge is 2.01. The van der Waals surface area contributed by atoms with Crippen LogP contribution in [0.2, 0.25) is 0 Å². The molecular weight excluding hydrogens is 224 g/mol. The van der Waals surface area contributed by atoms with Crippen LogP contribution in [0.15, 0.2) is 36.4 Å². The molecule has 1 aromatic heterocycles. The second-order valence-corrected chi connectivity index (χ2v) is 4.04. The third kappa shape index (κ3) is 2.78. The van der Waals surface area contributed by atoms with E-state index in [0.717, 1.165) is 0 Å². The minimum absolute atomic E-state index is 1.29. The van der Waals surface area contributed by atoms with Crippen LogP contribution in [0.4, 0.5) is 0 Å². The summed E-state index contributed by atoms with van der Waals surface area (Å²) in [6.45, 7) is 8.00. The van der Waals surface area contributed by atoms with Crippen molar-refractivity contribution in [3.63, 3.8) is 0 Å². The van der Waals surface area contributed by atoms with Crippen LogP contribution in [-0.2, 0) is 0 Å². The van der Waals surface area contributed by atoms with E-state index in [0.29, 0.717) is 0 Å². The first-order valence-corrected chi connectivity index (χ1v) is 6.96. The molecule has 0 fully saturated rings. The minimum Gasteiger partial charge on any atom is -0.134 e. The van der Waals surface area contributed by atoms with Crippen LogP contribution in [0.25, 0.3) is 20.2 Å². The lowest BCUT2D eigenvalue weighted by Crippen LogP contribution is -1.61. The van der Waals surface area contributed by atoms with E-state index >= 15 is 0 Å². The van der Waals surface area contributed by atoms with Crippen molar-refractivity contribution in [3.05, 3.63) is 48.5 Å². The Kier molecular flexibility index (Phi) is 5.52. The topological polar surface area (TPSA) is 0 Å². The van der Waals surface area contributed by atoms with Crippen LogP contribution in [0.3, 0.4) is 0 Å². The van der Waals surface area contributed by atoms with Crippen LogP contribution in [0.1, 0.15) is 27.7 Å². The standard InChI is InChI=1S/C12H6S.2C2H6/c1-3-7-11-9(5-1)10-6-2-4-8-12(10)13-11;2*1-2/h1,3,5-8H;2*1-2H3. The van der Waals surface area contributed by atoms with Crippen molar-refractivity contribution in [2.45, 2.75) is 27.7 Å². The highest BCUT2D eigenvalue weighted by atomic mass is 32.1. The number of hydrogen-bond donors (Lipinski definition) is 0. The Morgan fingerprint density at radius 3 is 2.18 bits per heavy atom. The van der Waals surface area contributed by atoms with E-state index in [9.17, 15) is 0 Å². The van der Waals surface area contributed by atoms with Gasteiger partial charge < -0.3 is 0 Å². The number of benzene rings is 1. The van der Waals surface area contributed by atoms with Gasteiger partial charge in [-0.3, -0.25) is 0 Å². The fraction of sp³-hybridized carbons (Fsp3) is 0.250. The zero-order valence-electron chi connectivity index (χ0n) is 10.9. The van der Waals surface area contributed by atoms with Crippen molar-refractivity contribution in [1.82, 2.24) is 0 Å². The Morgan fingerprint density at radius 2 is 1.41 bits per heavy atom. The maximum atomic E-state index is 3.00. The summed E-state index contributed by atoms with van der Waals surface area (Å²) in [5.74, 6) is 0. The van der Waals surface area contributed by atoms with Crippen molar-refractivity contribution >= 4 is 31.5 Å². The molecule has 2 aromatic carbocycles. The van der Waals surface area contributed by atoms with Crippen molar-refractivity contribution < 1.29 is 0 Å². The summed E-state index contributed by atoms with van der Waals surface area (Å²) >= 11 is 1.81. The Hall–Kier alpha value is -1.52. The second kappa shape index (κ2) is 6.93. The molecule has 88 valence electrons. The van der Waals surface area contributed by atoms with Gasteiger partial charge in [0.05, 0.1) is 0 Å². The lowest BCUT2D eigenvalue weighted by Gasteiger charge is -1.86. The number of thiophene rings is 1. The largest absolute Gasteiger partial charge is 0.134 e. The molecule has 0 bridgehead atoms. The quantitative estimate of drug-likeness (QED) is 0.474. The summed E-state index contributed by atoms with van der Waals surface area (Å²) in [5, 5.41) is 2.62. The van der Waals surface area contributed by atoms with Gasteiger partial charge in [-0.2, -0.15) is 0 Å². The molecular formula is C16H18S. The zero-order chi connectivity index (χ0) is 12.7. The van der Waals surface area contributed by atoms with Crippen LogP contribution in [0.5, 0.6) is 0 Å². The fourth-order valence-electron chi connectivity index (χ4n) is 1.56. The maximum absolute atomic E-state index is 3.00. The van der Waals surface area contributed by atoms with E-state index in [-0.39, 0.29) is 0 Å². The number of hydrogen-bond acceptors (Lipinski definition) is 1. The van der Waals surface area contributed by atoms with E-state index in [1.165, 1.54) is 20.2 Å². The third-order valence-corrected chi connectivity index (χ3v) is 3.30. The van der Waals surface area contributed by atoms with Gasteiger partial charge in [-0.15, -0.1) is 11.3 Å². The predicted molar refractivity (Wildman–Crippen MR) is 79.7 cm³/mol. The van der Waals surface area contributed by atoms with Crippen molar-refractivity contribution in [1.29, 1.82) is 0 Å². The molecule has 0 N–H and O–H groups in total. The van der Waals surface area contributed by atoms with Gasteiger partial charge in [0.1, 0.15) is 0 Å². The van der Waals surface area contributed by atoms with Gasteiger partial charge in [-0.05, 0) is 12.1 Å². The molecule has 3 rings (SSSR count). The van der Waals surface area contributed by atoms with Crippen LogP contribution in [-0.4, -0.2) is 0 Å². The summed E-state index contributed by atoms with van der Waals surface area (Å²) in [6, 6.07) is 18.4. The summed E-state index contributed by atoms with van der Waals surface area (Å²) in [7, 11) is 0. The minimum atomic E-state index is 1.29. The smallest absolute Gasteiger partial charge is 0.0445 e. The predicted octanol–water partition coefficient (Wildman–Crippen LogP) is 5.71. The van der Waals surface area contributed by atoms with E-state index < -0.39 is 0 Å². The zero-order valence-corrected chi connectivity index (χ0v) is 11.7. The Morgan fingerprint density at radius 1 is 0.765 bits per heavy atom. The van der Waals surface area contributed by atoms with E-state index in [4.69, 9.17) is 0 Å². The summed E-state index contributed by atoms with van der Waals surface area (Å²) in [4.78, 5) is 0. The molecule has 0 nitrogen and oxygen atoms in total. The monoisotopic (exact) mass is 242 g/mol.